The number of carbonyl (C=O) groups excluding carboxylic acids is 2. The minimum Gasteiger partial charge on any atom is -0.462 e. The maximum atomic E-state index is 12.4. The maximum absolute atomic E-state index is 12.4. The summed E-state index contributed by atoms with van der Waals surface area (Å²) in [5.41, 5.74) is 0. The van der Waals surface area contributed by atoms with Gasteiger partial charge in [0.1, 0.15) is 6.61 Å². The number of rotatable bonds is 32. The van der Waals surface area contributed by atoms with Crippen LogP contribution in [-0.4, -0.2) is 52.3 Å². The van der Waals surface area contributed by atoms with Crippen LogP contribution in [0.1, 0.15) is 123 Å². The van der Waals surface area contributed by atoms with Gasteiger partial charge in [0.25, 0.3) is 0 Å². The number of aliphatic hydroxyl groups is 1. The van der Waals surface area contributed by atoms with Crippen molar-refractivity contribution < 1.29 is 43.0 Å². The minimum atomic E-state index is -4.79. The number of esters is 2. The summed E-state index contributed by atoms with van der Waals surface area (Å²) in [6.45, 7) is 3.29. The molecule has 288 valence electrons. The van der Waals surface area contributed by atoms with Crippen molar-refractivity contribution in [2.75, 3.05) is 13.2 Å². The van der Waals surface area contributed by atoms with Crippen molar-refractivity contribution in [1.82, 2.24) is 0 Å². The summed E-state index contributed by atoms with van der Waals surface area (Å²) in [5, 5.41) is 9.96. The summed E-state index contributed by atoms with van der Waals surface area (Å²) < 4.78 is 26.2. The number of aliphatic hydroxyl groups excluding tert-OH is 1. The van der Waals surface area contributed by atoms with E-state index in [0.717, 1.165) is 70.6 Å². The van der Waals surface area contributed by atoms with Crippen molar-refractivity contribution in [2.45, 2.75) is 135 Å². The summed E-state index contributed by atoms with van der Waals surface area (Å²) in [6, 6.07) is 0. The molecule has 0 aliphatic rings. The van der Waals surface area contributed by atoms with Gasteiger partial charge in [0.2, 0.25) is 0 Å². The Kier molecular flexibility index (Phi) is 33.2. The van der Waals surface area contributed by atoms with Crippen molar-refractivity contribution >= 4 is 19.8 Å². The van der Waals surface area contributed by atoms with Gasteiger partial charge in [-0.15, -0.1) is 0 Å². The van der Waals surface area contributed by atoms with Gasteiger partial charge in [-0.3, -0.25) is 14.1 Å². The highest BCUT2D eigenvalue weighted by Gasteiger charge is 2.22. The second-order valence-electron chi connectivity index (χ2n) is 12.0. The predicted octanol–water partition coefficient (Wildman–Crippen LogP) is 10.0. The van der Waals surface area contributed by atoms with E-state index in [9.17, 15) is 19.3 Å². The number of allylic oxidation sites excluding steroid dienone is 14. The third-order valence-corrected chi connectivity index (χ3v) is 7.66. The summed E-state index contributed by atoms with van der Waals surface area (Å²) >= 11 is 0. The van der Waals surface area contributed by atoms with Crippen LogP contribution in [0.3, 0.4) is 0 Å². The Balaban J connectivity index is 4.20. The Bertz CT molecular complexity index is 1160. The van der Waals surface area contributed by atoms with Crippen molar-refractivity contribution in [3.63, 3.8) is 0 Å². The summed E-state index contributed by atoms with van der Waals surface area (Å²) in [6.07, 6.45) is 44.5. The smallest absolute Gasteiger partial charge is 0.462 e. The first kappa shape index (κ1) is 47.9. The van der Waals surface area contributed by atoms with Crippen LogP contribution in [0.5, 0.6) is 0 Å². The molecule has 0 fully saturated rings. The van der Waals surface area contributed by atoms with Gasteiger partial charge in [0.15, 0.2) is 6.10 Å². The Hall–Kier alpha value is -3.07. The molecule has 3 N–H and O–H groups in total. The fraction of sp³-hybridized carbons (Fsp3) is 0.561. The molecule has 10 heteroatoms. The first-order chi connectivity index (χ1) is 24.7. The van der Waals surface area contributed by atoms with E-state index in [2.05, 4.69) is 67.0 Å². The molecule has 0 heterocycles. The van der Waals surface area contributed by atoms with Gasteiger partial charge in [0.05, 0.1) is 12.7 Å². The maximum Gasteiger partial charge on any atom is 0.469 e. The van der Waals surface area contributed by atoms with Crippen LogP contribution >= 0.6 is 7.82 Å². The second-order valence-corrected chi connectivity index (χ2v) is 13.2. The fourth-order valence-electron chi connectivity index (χ4n) is 4.45. The van der Waals surface area contributed by atoms with E-state index < -0.39 is 38.6 Å². The lowest BCUT2D eigenvalue weighted by Gasteiger charge is -2.18. The van der Waals surface area contributed by atoms with Gasteiger partial charge >= 0.3 is 19.8 Å². The molecule has 0 radical (unpaired) electrons. The third-order valence-electron chi connectivity index (χ3n) is 7.18. The highest BCUT2D eigenvalue weighted by atomic mass is 31.2. The molecule has 0 saturated heterocycles. The van der Waals surface area contributed by atoms with E-state index in [0.29, 0.717) is 25.7 Å². The topological polar surface area (TPSA) is 140 Å². The predicted molar refractivity (Wildman–Crippen MR) is 208 cm³/mol. The first-order valence-corrected chi connectivity index (χ1v) is 20.2. The lowest BCUT2D eigenvalue weighted by molar-refractivity contribution is -0.161. The fourth-order valence-corrected chi connectivity index (χ4v) is 4.81. The van der Waals surface area contributed by atoms with Crippen molar-refractivity contribution in [1.29, 1.82) is 0 Å². The van der Waals surface area contributed by atoms with E-state index >= 15 is 0 Å². The summed E-state index contributed by atoms with van der Waals surface area (Å²) in [5.74, 6) is -1.02. The van der Waals surface area contributed by atoms with E-state index in [1.54, 1.807) is 6.08 Å². The molecule has 0 aromatic rings. The summed E-state index contributed by atoms with van der Waals surface area (Å²) in [4.78, 5) is 42.7. The SMILES string of the molecule is CC/C=C\C/C=C\C/C=C\CCCCCCCC(=O)O[C@H](COC(=O)CCC/C=C\C/C=C\C=C\C(O)C/C=C\C/C=C\CC)COP(=O)(O)O. The zero-order valence-electron chi connectivity index (χ0n) is 31.1. The van der Waals surface area contributed by atoms with Crippen LogP contribution in [0, 0.1) is 0 Å². The molecule has 2 atom stereocenters. The Morgan fingerprint density at radius 2 is 1.14 bits per heavy atom. The van der Waals surface area contributed by atoms with Crippen LogP contribution in [-0.2, 0) is 28.2 Å². The molecule has 1 unspecified atom stereocenters. The Morgan fingerprint density at radius 1 is 0.608 bits per heavy atom. The molecule has 51 heavy (non-hydrogen) atoms. The van der Waals surface area contributed by atoms with Gasteiger partial charge < -0.3 is 24.4 Å². The first-order valence-electron chi connectivity index (χ1n) is 18.6. The third kappa shape index (κ3) is 38.0. The molecular formula is C41H65O9P. The number of unbranched alkanes of at least 4 members (excludes halogenated alkanes) is 6. The van der Waals surface area contributed by atoms with Crippen LogP contribution in [0.25, 0.3) is 0 Å². The van der Waals surface area contributed by atoms with Crippen LogP contribution in [0.2, 0.25) is 0 Å². The number of phosphoric ester groups is 1. The van der Waals surface area contributed by atoms with E-state index in [-0.39, 0.29) is 19.4 Å². The molecule has 0 rings (SSSR count). The zero-order chi connectivity index (χ0) is 37.7. The van der Waals surface area contributed by atoms with Crippen LogP contribution < -0.4 is 0 Å². The van der Waals surface area contributed by atoms with Crippen molar-refractivity contribution in [3.8, 4) is 0 Å². The zero-order valence-corrected chi connectivity index (χ0v) is 32.0. The van der Waals surface area contributed by atoms with Gasteiger partial charge in [-0.05, 0) is 77.0 Å². The summed E-state index contributed by atoms with van der Waals surface area (Å²) in [7, 11) is -4.79. The lowest BCUT2D eigenvalue weighted by atomic mass is 10.1. The molecule has 0 aliphatic heterocycles. The molecular weight excluding hydrogens is 667 g/mol. The standard InChI is InChI=1S/C41H65O9P/c1-3-5-7-9-11-12-13-14-15-16-17-18-23-27-31-35-41(44)50-39(37-49-51(45,46)47)36-48-40(43)34-30-26-22-20-19-21-25-29-33-38(42)32-28-24-10-8-6-4-2/h5-8,11-12,14-15,20-22,24-25,28-29,33,38-39,42H,3-4,9-10,13,16-19,23,26-27,30-32,34-37H2,1-2H3,(H2,45,46,47)/b7-5-,8-6-,12-11-,15-14-,22-20-,25-21-,28-24-,33-29+/t38?,39-/m1/s1. The highest BCUT2D eigenvalue weighted by Crippen LogP contribution is 2.35. The second kappa shape index (κ2) is 35.3. The van der Waals surface area contributed by atoms with Crippen LogP contribution in [0.15, 0.2) is 97.2 Å². The quantitative estimate of drug-likeness (QED) is 0.0203. The normalized spacial score (nSPS) is 14.2. The van der Waals surface area contributed by atoms with Gasteiger partial charge in [0, 0.05) is 12.8 Å². The molecule has 0 saturated carbocycles. The monoisotopic (exact) mass is 732 g/mol. The van der Waals surface area contributed by atoms with E-state index in [1.807, 2.05) is 42.5 Å². The number of phosphoric acid groups is 1. The number of ether oxygens (including phenoxy) is 2. The number of hydrogen-bond acceptors (Lipinski definition) is 7. The van der Waals surface area contributed by atoms with E-state index in [1.165, 1.54) is 0 Å². The van der Waals surface area contributed by atoms with Gasteiger partial charge in [-0.2, -0.15) is 0 Å². The molecule has 0 spiro atoms. The van der Waals surface area contributed by atoms with Crippen molar-refractivity contribution in [3.05, 3.63) is 97.2 Å². The molecule has 0 aromatic heterocycles. The Labute approximate surface area is 307 Å². The number of hydrogen-bond donors (Lipinski definition) is 3. The molecule has 0 amide bonds. The average Bonchev–Trinajstić information content (AvgIpc) is 3.09. The highest BCUT2D eigenvalue weighted by molar-refractivity contribution is 7.46. The van der Waals surface area contributed by atoms with E-state index in [4.69, 9.17) is 19.3 Å². The van der Waals surface area contributed by atoms with Crippen LogP contribution in [0.4, 0.5) is 0 Å². The largest absolute Gasteiger partial charge is 0.469 e. The van der Waals surface area contributed by atoms with Gasteiger partial charge in [-0.1, -0.05) is 130 Å². The number of carbonyl (C=O) groups is 2. The van der Waals surface area contributed by atoms with Gasteiger partial charge in [-0.25, -0.2) is 4.57 Å². The molecule has 0 aliphatic carbocycles. The average molecular weight is 733 g/mol. The van der Waals surface area contributed by atoms with Crippen molar-refractivity contribution in [2.24, 2.45) is 0 Å². The lowest BCUT2D eigenvalue weighted by Crippen LogP contribution is -2.29. The molecule has 0 aromatic carbocycles. The minimum absolute atomic E-state index is 0.147. The molecule has 0 bridgehead atoms. The Morgan fingerprint density at radius 3 is 1.78 bits per heavy atom. The molecule has 9 nitrogen and oxygen atoms in total.